The van der Waals surface area contributed by atoms with Gasteiger partial charge in [-0.1, -0.05) is 30.3 Å². The van der Waals surface area contributed by atoms with Crippen LogP contribution in [0.3, 0.4) is 0 Å². The highest BCUT2D eigenvalue weighted by molar-refractivity contribution is 7.81. The van der Waals surface area contributed by atoms with Crippen molar-refractivity contribution in [3.8, 4) is 0 Å². The van der Waals surface area contributed by atoms with E-state index in [4.69, 9.17) is 4.18 Å². The van der Waals surface area contributed by atoms with Gasteiger partial charge in [-0.3, -0.25) is 4.18 Å². The zero-order chi connectivity index (χ0) is 7.68. The van der Waals surface area contributed by atoms with Crippen LogP contribution in [0.5, 0.6) is 0 Å². The Balaban J connectivity index is 2.13. The van der Waals surface area contributed by atoms with E-state index in [-0.39, 0.29) is 6.10 Å². The molecule has 2 unspecified atom stereocenters. The van der Waals surface area contributed by atoms with Gasteiger partial charge < -0.3 is 0 Å². The molecule has 58 valence electrons. The minimum atomic E-state index is -1.02. The third-order valence-electron chi connectivity index (χ3n) is 1.68. The average molecular weight is 168 g/mol. The highest BCUT2D eigenvalue weighted by Gasteiger charge is 2.27. The van der Waals surface area contributed by atoms with Gasteiger partial charge in [0, 0.05) is 0 Å². The van der Waals surface area contributed by atoms with Crippen LogP contribution < -0.4 is 0 Å². The van der Waals surface area contributed by atoms with E-state index in [0.717, 1.165) is 5.56 Å². The average Bonchev–Trinajstić information content (AvgIpc) is 2.01. The molecule has 3 heteroatoms. The molecule has 1 aromatic rings. The molecule has 11 heavy (non-hydrogen) atoms. The van der Waals surface area contributed by atoms with Crippen LogP contribution in [0.2, 0.25) is 0 Å². The summed E-state index contributed by atoms with van der Waals surface area (Å²) in [5.74, 6) is 0.643. The van der Waals surface area contributed by atoms with Crippen LogP contribution >= 0.6 is 0 Å². The fourth-order valence-electron chi connectivity index (χ4n) is 1.06. The molecule has 2 rings (SSSR count). The van der Waals surface area contributed by atoms with Crippen LogP contribution in [0.15, 0.2) is 30.3 Å². The quantitative estimate of drug-likeness (QED) is 0.634. The Morgan fingerprint density at radius 1 is 1.36 bits per heavy atom. The first kappa shape index (κ1) is 7.00. The van der Waals surface area contributed by atoms with Crippen molar-refractivity contribution in [2.45, 2.75) is 6.10 Å². The van der Waals surface area contributed by atoms with Crippen LogP contribution in [0.1, 0.15) is 11.7 Å². The normalized spacial score (nSPS) is 29.5. The Morgan fingerprint density at radius 2 is 2.00 bits per heavy atom. The first-order valence-electron chi connectivity index (χ1n) is 3.47. The first-order valence-corrected chi connectivity index (χ1v) is 4.71. The maximum atomic E-state index is 10.6. The van der Waals surface area contributed by atoms with Crippen molar-refractivity contribution >= 4 is 11.1 Å². The molecule has 1 aromatic carbocycles. The molecule has 1 heterocycles. The Kier molecular flexibility index (Phi) is 1.75. The molecule has 0 aromatic heterocycles. The maximum absolute atomic E-state index is 10.6. The third-order valence-corrected chi connectivity index (χ3v) is 2.70. The second-order valence-corrected chi connectivity index (χ2v) is 3.60. The van der Waals surface area contributed by atoms with Gasteiger partial charge in [-0.05, 0) is 5.56 Å². The SMILES string of the molecule is O=S1CC(c2ccccc2)O1. The molecule has 2 nitrogen and oxygen atoms in total. The van der Waals surface area contributed by atoms with Crippen molar-refractivity contribution in [1.29, 1.82) is 0 Å². The number of rotatable bonds is 1. The van der Waals surface area contributed by atoms with Crippen molar-refractivity contribution in [3.05, 3.63) is 35.9 Å². The van der Waals surface area contributed by atoms with E-state index in [0.29, 0.717) is 5.75 Å². The fraction of sp³-hybridized carbons (Fsp3) is 0.250. The van der Waals surface area contributed by atoms with Gasteiger partial charge in [0.25, 0.3) is 0 Å². The topological polar surface area (TPSA) is 26.3 Å². The first-order chi connectivity index (χ1) is 5.36. The van der Waals surface area contributed by atoms with E-state index >= 15 is 0 Å². The summed E-state index contributed by atoms with van der Waals surface area (Å²) in [6.45, 7) is 0. The molecule has 2 atom stereocenters. The summed E-state index contributed by atoms with van der Waals surface area (Å²) in [4.78, 5) is 0. The lowest BCUT2D eigenvalue weighted by atomic mass is 10.1. The highest BCUT2D eigenvalue weighted by Crippen LogP contribution is 2.27. The van der Waals surface area contributed by atoms with Crippen molar-refractivity contribution in [2.75, 3.05) is 5.75 Å². The van der Waals surface area contributed by atoms with Crippen molar-refractivity contribution in [3.63, 3.8) is 0 Å². The van der Waals surface area contributed by atoms with Gasteiger partial charge in [-0.15, -0.1) is 0 Å². The zero-order valence-corrected chi connectivity index (χ0v) is 6.71. The fourth-order valence-corrected chi connectivity index (χ4v) is 1.86. The molecular formula is C8H8O2S. The lowest BCUT2D eigenvalue weighted by molar-refractivity contribution is 0.207. The van der Waals surface area contributed by atoms with E-state index in [1.165, 1.54) is 0 Å². The minimum absolute atomic E-state index is 0.0667. The summed E-state index contributed by atoms with van der Waals surface area (Å²) in [6.07, 6.45) is 0.0667. The van der Waals surface area contributed by atoms with Gasteiger partial charge in [0.2, 0.25) is 0 Å². The second-order valence-electron chi connectivity index (χ2n) is 2.47. The molecule has 0 aliphatic carbocycles. The molecule has 0 amide bonds. The summed E-state index contributed by atoms with van der Waals surface area (Å²) in [7, 11) is 0. The monoisotopic (exact) mass is 168 g/mol. The largest absolute Gasteiger partial charge is 0.281 e. The standard InChI is InChI=1S/C8H8O2S/c9-11-6-8(10-11)7-4-2-1-3-5-7/h1-5,8H,6H2. The van der Waals surface area contributed by atoms with E-state index in [1.807, 2.05) is 30.3 Å². The molecule has 0 radical (unpaired) electrons. The van der Waals surface area contributed by atoms with E-state index < -0.39 is 11.1 Å². The molecule has 0 bridgehead atoms. The predicted molar refractivity (Wildman–Crippen MR) is 43.3 cm³/mol. The Hall–Kier alpha value is -0.670. The summed E-state index contributed by atoms with van der Waals surface area (Å²) < 4.78 is 15.6. The van der Waals surface area contributed by atoms with Gasteiger partial charge in [0.15, 0.2) is 11.1 Å². The van der Waals surface area contributed by atoms with Crippen LogP contribution in [-0.4, -0.2) is 9.96 Å². The lowest BCUT2D eigenvalue weighted by Gasteiger charge is -2.24. The highest BCUT2D eigenvalue weighted by atomic mass is 32.2. The molecule has 1 aliphatic heterocycles. The molecule has 0 saturated carbocycles. The molecule has 1 fully saturated rings. The zero-order valence-electron chi connectivity index (χ0n) is 5.90. The van der Waals surface area contributed by atoms with Gasteiger partial charge in [0.05, 0.1) is 5.75 Å². The number of hydrogen-bond donors (Lipinski definition) is 0. The van der Waals surface area contributed by atoms with Gasteiger partial charge in [-0.25, -0.2) is 4.21 Å². The minimum Gasteiger partial charge on any atom is -0.281 e. The summed E-state index contributed by atoms with van der Waals surface area (Å²) in [5, 5.41) is 0. The molecular weight excluding hydrogens is 160 g/mol. The van der Waals surface area contributed by atoms with E-state index in [2.05, 4.69) is 0 Å². The summed E-state index contributed by atoms with van der Waals surface area (Å²) in [5.41, 5.74) is 1.12. The van der Waals surface area contributed by atoms with Gasteiger partial charge in [0.1, 0.15) is 6.10 Å². The summed E-state index contributed by atoms with van der Waals surface area (Å²) >= 11 is -1.02. The molecule has 0 N–H and O–H groups in total. The van der Waals surface area contributed by atoms with Crippen LogP contribution in [0, 0.1) is 0 Å². The van der Waals surface area contributed by atoms with Gasteiger partial charge in [-0.2, -0.15) is 0 Å². The predicted octanol–water partition coefficient (Wildman–Crippen LogP) is 1.42. The number of benzene rings is 1. The third kappa shape index (κ3) is 1.34. The second kappa shape index (κ2) is 2.75. The molecule has 0 spiro atoms. The molecule has 1 aliphatic rings. The Labute approximate surface area is 67.9 Å². The van der Waals surface area contributed by atoms with Crippen LogP contribution in [-0.2, 0) is 15.3 Å². The Morgan fingerprint density at radius 3 is 2.55 bits per heavy atom. The van der Waals surface area contributed by atoms with Crippen LogP contribution in [0.25, 0.3) is 0 Å². The maximum Gasteiger partial charge on any atom is 0.159 e. The Bertz CT molecular complexity index is 263. The van der Waals surface area contributed by atoms with Crippen LogP contribution in [0.4, 0.5) is 0 Å². The summed E-state index contributed by atoms with van der Waals surface area (Å²) in [6, 6.07) is 9.85. The smallest absolute Gasteiger partial charge is 0.159 e. The number of hydrogen-bond acceptors (Lipinski definition) is 2. The molecule has 1 saturated heterocycles. The van der Waals surface area contributed by atoms with E-state index in [1.54, 1.807) is 0 Å². The van der Waals surface area contributed by atoms with Crippen molar-refractivity contribution < 1.29 is 8.39 Å². The van der Waals surface area contributed by atoms with Crippen molar-refractivity contribution in [1.82, 2.24) is 0 Å². The van der Waals surface area contributed by atoms with Crippen molar-refractivity contribution in [2.24, 2.45) is 0 Å². The van der Waals surface area contributed by atoms with Gasteiger partial charge >= 0.3 is 0 Å². The van der Waals surface area contributed by atoms with E-state index in [9.17, 15) is 4.21 Å². The lowest BCUT2D eigenvalue weighted by Crippen LogP contribution is -2.25.